The Bertz CT molecular complexity index is 841. The first-order chi connectivity index (χ1) is 13.0. The Kier molecular flexibility index (Phi) is 6.01. The van der Waals surface area contributed by atoms with Crippen LogP contribution in [-0.4, -0.2) is 29.8 Å². The average molecular weight is 366 g/mol. The zero-order valence-electron chi connectivity index (χ0n) is 15.3. The van der Waals surface area contributed by atoms with E-state index >= 15 is 0 Å². The number of rotatable bonds is 4. The molecule has 1 aliphatic rings. The molecule has 140 valence electrons. The highest BCUT2D eigenvalue weighted by molar-refractivity contribution is 5.94. The van der Waals surface area contributed by atoms with Gasteiger partial charge in [-0.3, -0.25) is 9.59 Å². The van der Waals surface area contributed by atoms with Gasteiger partial charge in [0, 0.05) is 30.8 Å². The van der Waals surface area contributed by atoms with Crippen LogP contribution in [0.5, 0.6) is 0 Å². The number of carbonyl (C=O) groups excluding carboxylic acids is 2. The van der Waals surface area contributed by atoms with Crippen LogP contribution in [0, 0.1) is 18.7 Å². The monoisotopic (exact) mass is 366 g/mol. The van der Waals surface area contributed by atoms with Crippen LogP contribution >= 0.6 is 0 Å². The van der Waals surface area contributed by atoms with E-state index in [9.17, 15) is 14.0 Å². The Labute approximate surface area is 158 Å². The Morgan fingerprint density at radius 1 is 1.11 bits per heavy atom. The number of carbonyl (C=O) groups is 2. The Morgan fingerprint density at radius 3 is 2.48 bits per heavy atom. The summed E-state index contributed by atoms with van der Waals surface area (Å²) in [5.74, 6) is -0.668. The van der Waals surface area contributed by atoms with Crippen molar-refractivity contribution in [2.45, 2.75) is 19.8 Å². The average Bonchev–Trinajstić information content (AvgIpc) is 2.70. The Hall–Kier alpha value is -2.95. The fraction of sp³-hybridized carbons (Fsp3) is 0.273. The molecule has 4 nitrogen and oxygen atoms in total. The lowest BCUT2D eigenvalue weighted by Gasteiger charge is -2.30. The third-order valence-corrected chi connectivity index (χ3v) is 4.83. The van der Waals surface area contributed by atoms with Crippen LogP contribution in [-0.2, 0) is 9.59 Å². The van der Waals surface area contributed by atoms with Gasteiger partial charge < -0.3 is 10.2 Å². The molecule has 0 saturated carbocycles. The first kappa shape index (κ1) is 18.8. The summed E-state index contributed by atoms with van der Waals surface area (Å²) >= 11 is 0. The highest BCUT2D eigenvalue weighted by Gasteiger charge is 2.26. The van der Waals surface area contributed by atoms with Crippen LogP contribution in [0.4, 0.5) is 10.1 Å². The number of anilines is 1. The summed E-state index contributed by atoms with van der Waals surface area (Å²) < 4.78 is 13.6. The van der Waals surface area contributed by atoms with Crippen LogP contribution < -0.4 is 5.32 Å². The fourth-order valence-corrected chi connectivity index (χ4v) is 3.11. The van der Waals surface area contributed by atoms with E-state index in [4.69, 9.17) is 0 Å². The fourth-order valence-electron chi connectivity index (χ4n) is 3.11. The van der Waals surface area contributed by atoms with Gasteiger partial charge >= 0.3 is 0 Å². The lowest BCUT2D eigenvalue weighted by atomic mass is 9.95. The number of piperidine rings is 1. The number of benzene rings is 2. The van der Waals surface area contributed by atoms with Crippen molar-refractivity contribution in [3.05, 3.63) is 71.6 Å². The van der Waals surface area contributed by atoms with E-state index in [1.165, 1.54) is 6.07 Å². The molecule has 2 aromatic rings. The van der Waals surface area contributed by atoms with Gasteiger partial charge in [0.2, 0.25) is 11.8 Å². The molecule has 0 unspecified atom stereocenters. The van der Waals surface area contributed by atoms with Gasteiger partial charge in [0.1, 0.15) is 5.82 Å². The molecule has 1 N–H and O–H groups in total. The first-order valence-electron chi connectivity index (χ1n) is 9.12. The van der Waals surface area contributed by atoms with Crippen molar-refractivity contribution in [2.24, 2.45) is 5.92 Å². The van der Waals surface area contributed by atoms with E-state index < -0.39 is 0 Å². The summed E-state index contributed by atoms with van der Waals surface area (Å²) in [6.07, 6.45) is 4.58. The molecule has 1 aliphatic heterocycles. The number of likely N-dealkylation sites (tertiary alicyclic amines) is 1. The number of nitrogens with zero attached hydrogens (tertiary/aromatic N) is 1. The standard InChI is InChI=1S/C22H23FN2O2/c1-16-7-9-19(15-20(16)23)24-22(27)18-11-13-25(14-12-18)21(26)10-8-17-5-3-2-4-6-17/h2-10,15,18H,11-14H2,1H3,(H,24,27). The summed E-state index contributed by atoms with van der Waals surface area (Å²) in [7, 11) is 0. The van der Waals surface area contributed by atoms with Crippen LogP contribution in [0.15, 0.2) is 54.6 Å². The minimum atomic E-state index is -0.335. The number of hydrogen-bond donors (Lipinski definition) is 1. The van der Waals surface area contributed by atoms with Crippen molar-refractivity contribution in [3.8, 4) is 0 Å². The van der Waals surface area contributed by atoms with Gasteiger partial charge in [-0.1, -0.05) is 36.4 Å². The van der Waals surface area contributed by atoms with Crippen molar-refractivity contribution in [2.75, 3.05) is 18.4 Å². The first-order valence-corrected chi connectivity index (χ1v) is 9.12. The molecule has 1 fully saturated rings. The second-order valence-corrected chi connectivity index (χ2v) is 6.80. The smallest absolute Gasteiger partial charge is 0.246 e. The molecule has 27 heavy (non-hydrogen) atoms. The summed E-state index contributed by atoms with van der Waals surface area (Å²) in [4.78, 5) is 26.5. The van der Waals surface area contributed by atoms with Gasteiger partial charge in [-0.2, -0.15) is 0 Å². The molecule has 3 rings (SSSR count). The zero-order chi connectivity index (χ0) is 19.2. The van der Waals surface area contributed by atoms with E-state index in [1.807, 2.05) is 30.3 Å². The van der Waals surface area contributed by atoms with Crippen LogP contribution in [0.2, 0.25) is 0 Å². The zero-order valence-corrected chi connectivity index (χ0v) is 15.3. The second-order valence-electron chi connectivity index (χ2n) is 6.80. The van der Waals surface area contributed by atoms with Gasteiger partial charge in [0.15, 0.2) is 0 Å². The van der Waals surface area contributed by atoms with Gasteiger partial charge in [-0.05, 0) is 49.1 Å². The van der Waals surface area contributed by atoms with Crippen LogP contribution in [0.1, 0.15) is 24.0 Å². The molecule has 2 aromatic carbocycles. The van der Waals surface area contributed by atoms with E-state index in [1.54, 1.807) is 36.1 Å². The van der Waals surface area contributed by atoms with Crippen molar-refractivity contribution in [1.82, 2.24) is 4.90 Å². The summed E-state index contributed by atoms with van der Waals surface area (Å²) in [6.45, 7) is 2.76. The maximum atomic E-state index is 13.6. The molecule has 0 atom stereocenters. The summed E-state index contributed by atoms with van der Waals surface area (Å²) in [6, 6.07) is 14.3. The second kappa shape index (κ2) is 8.62. The molecule has 2 amide bonds. The maximum absolute atomic E-state index is 13.6. The molecule has 0 radical (unpaired) electrons. The quantitative estimate of drug-likeness (QED) is 0.831. The predicted molar refractivity (Wildman–Crippen MR) is 105 cm³/mol. The molecule has 0 aliphatic carbocycles. The summed E-state index contributed by atoms with van der Waals surface area (Å²) in [5.41, 5.74) is 1.99. The highest BCUT2D eigenvalue weighted by Crippen LogP contribution is 2.21. The largest absolute Gasteiger partial charge is 0.339 e. The predicted octanol–water partition coefficient (Wildman–Crippen LogP) is 4.02. The molecule has 0 spiro atoms. The number of halogens is 1. The number of amides is 2. The lowest BCUT2D eigenvalue weighted by Crippen LogP contribution is -2.40. The molecule has 5 heteroatoms. The topological polar surface area (TPSA) is 49.4 Å². The molecular formula is C22H23FN2O2. The van der Waals surface area contributed by atoms with Crippen LogP contribution in [0.25, 0.3) is 6.08 Å². The SMILES string of the molecule is Cc1ccc(NC(=O)C2CCN(C(=O)C=Cc3ccccc3)CC2)cc1F. The molecule has 0 aromatic heterocycles. The number of nitrogens with one attached hydrogen (secondary N) is 1. The van der Waals surface area contributed by atoms with Gasteiger partial charge in [-0.25, -0.2) is 4.39 Å². The minimum absolute atomic E-state index is 0.0432. The molecule has 1 saturated heterocycles. The maximum Gasteiger partial charge on any atom is 0.246 e. The van der Waals surface area contributed by atoms with Crippen molar-refractivity contribution in [3.63, 3.8) is 0 Å². The van der Waals surface area contributed by atoms with Gasteiger partial charge in [0.25, 0.3) is 0 Å². The third-order valence-electron chi connectivity index (χ3n) is 4.83. The number of hydrogen-bond acceptors (Lipinski definition) is 2. The van der Waals surface area contributed by atoms with E-state index in [0.29, 0.717) is 37.2 Å². The lowest BCUT2D eigenvalue weighted by molar-refractivity contribution is -0.130. The highest BCUT2D eigenvalue weighted by atomic mass is 19.1. The molecule has 0 bridgehead atoms. The van der Waals surface area contributed by atoms with Crippen molar-refractivity contribution >= 4 is 23.6 Å². The Morgan fingerprint density at radius 2 is 1.81 bits per heavy atom. The van der Waals surface area contributed by atoms with Gasteiger partial charge in [-0.15, -0.1) is 0 Å². The number of aryl methyl sites for hydroxylation is 1. The van der Waals surface area contributed by atoms with E-state index in [0.717, 1.165) is 5.56 Å². The summed E-state index contributed by atoms with van der Waals surface area (Å²) in [5, 5.41) is 2.77. The molecular weight excluding hydrogens is 343 g/mol. The minimum Gasteiger partial charge on any atom is -0.339 e. The van der Waals surface area contributed by atoms with Gasteiger partial charge in [0.05, 0.1) is 0 Å². The van der Waals surface area contributed by atoms with Crippen molar-refractivity contribution < 1.29 is 14.0 Å². The normalized spacial score (nSPS) is 15.1. The van der Waals surface area contributed by atoms with Crippen molar-refractivity contribution in [1.29, 1.82) is 0 Å². The van der Waals surface area contributed by atoms with E-state index in [2.05, 4.69) is 5.32 Å². The van der Waals surface area contributed by atoms with E-state index in [-0.39, 0.29) is 23.5 Å². The van der Waals surface area contributed by atoms with Crippen LogP contribution in [0.3, 0.4) is 0 Å². The third kappa shape index (κ3) is 5.03. The Balaban J connectivity index is 1.50. The molecule has 1 heterocycles.